The summed E-state index contributed by atoms with van der Waals surface area (Å²) in [5.41, 5.74) is 8.89. The molecule has 1 nitrogen and oxygen atoms in total. The molecule has 0 saturated heterocycles. The lowest BCUT2D eigenvalue weighted by Gasteiger charge is -2.13. The summed E-state index contributed by atoms with van der Waals surface area (Å²) in [5, 5.41) is 0.663. The number of halogens is 1. The van der Waals surface area contributed by atoms with Crippen LogP contribution in [-0.2, 0) is 5.75 Å². The van der Waals surface area contributed by atoms with Crippen LogP contribution in [0.2, 0.25) is 0 Å². The van der Waals surface area contributed by atoms with E-state index in [2.05, 4.69) is 41.1 Å². The smallest absolute Gasteiger partial charge is 0.0308 e. The van der Waals surface area contributed by atoms with Crippen molar-refractivity contribution in [2.45, 2.75) is 30.4 Å². The van der Waals surface area contributed by atoms with Crippen LogP contribution in [0.25, 0.3) is 0 Å². The monoisotopic (exact) mass is 271 g/mol. The van der Waals surface area contributed by atoms with Crippen LogP contribution in [0.5, 0.6) is 0 Å². The summed E-state index contributed by atoms with van der Waals surface area (Å²) in [6.45, 7) is 2.26. The Morgan fingerprint density at radius 3 is 3.07 bits per heavy atom. The molecule has 3 heteroatoms. The standard InChI is InChI=1S/C11H14BrNS/c1-7-4-11(13)10-5-9(12)3-2-8(10)6-14-7/h2-3,5,7,11H,4,6,13H2,1H3. The van der Waals surface area contributed by atoms with E-state index in [-0.39, 0.29) is 6.04 Å². The Labute approximate surface area is 97.6 Å². The second-order valence-corrected chi connectivity index (χ2v) is 6.15. The first-order valence-electron chi connectivity index (χ1n) is 4.82. The van der Waals surface area contributed by atoms with Crippen molar-refractivity contribution in [3.63, 3.8) is 0 Å². The molecule has 1 aromatic carbocycles. The van der Waals surface area contributed by atoms with Crippen molar-refractivity contribution in [3.05, 3.63) is 33.8 Å². The Morgan fingerprint density at radius 2 is 2.29 bits per heavy atom. The van der Waals surface area contributed by atoms with Crippen LogP contribution in [-0.4, -0.2) is 5.25 Å². The molecule has 2 unspecified atom stereocenters. The molecule has 0 radical (unpaired) electrons. The summed E-state index contributed by atoms with van der Waals surface area (Å²) in [6.07, 6.45) is 1.08. The summed E-state index contributed by atoms with van der Waals surface area (Å²) in [4.78, 5) is 0. The van der Waals surface area contributed by atoms with Crippen molar-refractivity contribution < 1.29 is 0 Å². The summed E-state index contributed by atoms with van der Waals surface area (Å²) < 4.78 is 1.13. The van der Waals surface area contributed by atoms with Gasteiger partial charge in [-0.05, 0) is 29.7 Å². The van der Waals surface area contributed by atoms with Gasteiger partial charge in [0.25, 0.3) is 0 Å². The lowest BCUT2D eigenvalue weighted by molar-refractivity contribution is 0.651. The van der Waals surface area contributed by atoms with Gasteiger partial charge >= 0.3 is 0 Å². The van der Waals surface area contributed by atoms with Gasteiger partial charge in [-0.2, -0.15) is 11.8 Å². The van der Waals surface area contributed by atoms with E-state index in [1.54, 1.807) is 0 Å². The van der Waals surface area contributed by atoms with Crippen LogP contribution >= 0.6 is 27.7 Å². The highest BCUT2D eigenvalue weighted by molar-refractivity contribution is 9.10. The third-order valence-corrected chi connectivity index (χ3v) is 4.35. The predicted octanol–water partition coefficient (Wildman–Crippen LogP) is 3.47. The van der Waals surface area contributed by atoms with Crippen molar-refractivity contribution in [3.8, 4) is 0 Å². The molecule has 2 N–H and O–H groups in total. The zero-order chi connectivity index (χ0) is 10.1. The highest BCUT2D eigenvalue weighted by Crippen LogP contribution is 2.34. The summed E-state index contributed by atoms with van der Waals surface area (Å²) in [7, 11) is 0. The molecule has 76 valence electrons. The Hall–Kier alpha value is 0.01000. The molecule has 0 spiro atoms. The van der Waals surface area contributed by atoms with Crippen LogP contribution in [0.4, 0.5) is 0 Å². The second-order valence-electron chi connectivity index (χ2n) is 3.81. The van der Waals surface area contributed by atoms with Crippen LogP contribution in [0.15, 0.2) is 22.7 Å². The van der Waals surface area contributed by atoms with E-state index in [4.69, 9.17) is 5.73 Å². The maximum absolute atomic E-state index is 6.17. The minimum atomic E-state index is 0.201. The minimum absolute atomic E-state index is 0.201. The number of fused-ring (bicyclic) bond motifs is 1. The summed E-state index contributed by atoms with van der Waals surface area (Å²) >= 11 is 5.49. The predicted molar refractivity (Wildman–Crippen MR) is 66.4 cm³/mol. The van der Waals surface area contributed by atoms with E-state index >= 15 is 0 Å². The second kappa shape index (κ2) is 4.25. The van der Waals surface area contributed by atoms with Gasteiger partial charge in [0.15, 0.2) is 0 Å². The SMILES string of the molecule is CC1CC(N)c2cc(Br)ccc2CS1. The van der Waals surface area contributed by atoms with Gasteiger partial charge in [-0.1, -0.05) is 28.9 Å². The average molecular weight is 272 g/mol. The highest BCUT2D eigenvalue weighted by Gasteiger charge is 2.19. The van der Waals surface area contributed by atoms with E-state index in [1.807, 2.05) is 11.8 Å². The van der Waals surface area contributed by atoms with E-state index in [0.29, 0.717) is 5.25 Å². The number of thioether (sulfide) groups is 1. The summed E-state index contributed by atoms with van der Waals surface area (Å²) in [6, 6.07) is 6.65. The fraction of sp³-hybridized carbons (Fsp3) is 0.455. The van der Waals surface area contributed by atoms with E-state index in [1.165, 1.54) is 11.1 Å². The van der Waals surface area contributed by atoms with Crippen molar-refractivity contribution in [2.75, 3.05) is 0 Å². The number of hydrogen-bond donors (Lipinski definition) is 1. The highest BCUT2D eigenvalue weighted by atomic mass is 79.9. The first-order chi connectivity index (χ1) is 6.66. The van der Waals surface area contributed by atoms with Gasteiger partial charge in [0.1, 0.15) is 0 Å². The molecule has 0 bridgehead atoms. The minimum Gasteiger partial charge on any atom is -0.324 e. The number of rotatable bonds is 0. The number of hydrogen-bond acceptors (Lipinski definition) is 2. The maximum atomic E-state index is 6.17. The first-order valence-corrected chi connectivity index (χ1v) is 6.66. The van der Waals surface area contributed by atoms with Crippen LogP contribution in [0.3, 0.4) is 0 Å². The van der Waals surface area contributed by atoms with Gasteiger partial charge in [0.05, 0.1) is 0 Å². The molecule has 0 amide bonds. The van der Waals surface area contributed by atoms with Gasteiger partial charge in [-0.25, -0.2) is 0 Å². The van der Waals surface area contributed by atoms with Crippen molar-refractivity contribution in [1.29, 1.82) is 0 Å². The normalized spacial score (nSPS) is 26.8. The molecule has 0 saturated carbocycles. The number of nitrogens with two attached hydrogens (primary N) is 1. The number of benzene rings is 1. The van der Waals surface area contributed by atoms with E-state index in [9.17, 15) is 0 Å². The van der Waals surface area contributed by atoms with Crippen molar-refractivity contribution in [1.82, 2.24) is 0 Å². The zero-order valence-electron chi connectivity index (χ0n) is 8.16. The maximum Gasteiger partial charge on any atom is 0.0308 e. The topological polar surface area (TPSA) is 26.0 Å². The largest absolute Gasteiger partial charge is 0.324 e. The quantitative estimate of drug-likeness (QED) is 0.782. The lowest BCUT2D eigenvalue weighted by Crippen LogP contribution is -2.14. The fourth-order valence-corrected chi connectivity index (χ4v) is 3.28. The first kappa shape index (κ1) is 10.5. The van der Waals surface area contributed by atoms with E-state index in [0.717, 1.165) is 16.6 Å². The van der Waals surface area contributed by atoms with E-state index < -0.39 is 0 Å². The Bertz CT molecular complexity index is 340. The molecule has 0 aromatic heterocycles. The average Bonchev–Trinajstić information content (AvgIpc) is 2.27. The van der Waals surface area contributed by atoms with Gasteiger partial charge < -0.3 is 5.73 Å². The fourth-order valence-electron chi connectivity index (χ4n) is 1.83. The molecule has 1 aliphatic heterocycles. The Morgan fingerprint density at radius 1 is 1.50 bits per heavy atom. The third kappa shape index (κ3) is 2.15. The molecule has 0 aliphatic carbocycles. The molecular formula is C11H14BrNS. The van der Waals surface area contributed by atoms with Crippen LogP contribution in [0, 0.1) is 0 Å². The van der Waals surface area contributed by atoms with Crippen LogP contribution < -0.4 is 5.73 Å². The van der Waals surface area contributed by atoms with Gasteiger partial charge in [-0.3, -0.25) is 0 Å². The van der Waals surface area contributed by atoms with Crippen molar-refractivity contribution >= 4 is 27.7 Å². The summed E-state index contributed by atoms with van der Waals surface area (Å²) in [5.74, 6) is 1.09. The third-order valence-electron chi connectivity index (χ3n) is 2.62. The molecule has 0 fully saturated rings. The molecule has 14 heavy (non-hydrogen) atoms. The van der Waals surface area contributed by atoms with Gasteiger partial charge in [-0.15, -0.1) is 0 Å². The molecule has 1 aromatic rings. The molecular weight excluding hydrogens is 258 g/mol. The molecule has 2 atom stereocenters. The van der Waals surface area contributed by atoms with Gasteiger partial charge in [0, 0.05) is 21.5 Å². The lowest BCUT2D eigenvalue weighted by atomic mass is 9.99. The molecule has 2 rings (SSSR count). The van der Waals surface area contributed by atoms with Crippen molar-refractivity contribution in [2.24, 2.45) is 5.73 Å². The Balaban J connectivity index is 2.39. The Kier molecular flexibility index (Phi) is 3.20. The van der Waals surface area contributed by atoms with Crippen LogP contribution in [0.1, 0.15) is 30.5 Å². The molecule has 1 aliphatic rings. The molecule has 1 heterocycles. The van der Waals surface area contributed by atoms with Gasteiger partial charge in [0.2, 0.25) is 0 Å². The zero-order valence-corrected chi connectivity index (χ0v) is 10.6.